The van der Waals surface area contributed by atoms with E-state index in [9.17, 15) is 14.7 Å². The number of benzene rings is 2. The van der Waals surface area contributed by atoms with E-state index in [1.807, 2.05) is 57.2 Å². The molecule has 9 heteroatoms. The van der Waals surface area contributed by atoms with E-state index in [0.717, 1.165) is 33.5 Å². The van der Waals surface area contributed by atoms with Gasteiger partial charge in [0, 0.05) is 24.7 Å². The average Bonchev–Trinajstić information content (AvgIpc) is 2.81. The number of aromatic nitrogens is 1. The molecule has 0 fully saturated rings. The van der Waals surface area contributed by atoms with Gasteiger partial charge in [0.1, 0.15) is 12.4 Å². The van der Waals surface area contributed by atoms with Crippen LogP contribution in [0.15, 0.2) is 41.2 Å². The van der Waals surface area contributed by atoms with Gasteiger partial charge in [0.2, 0.25) is 0 Å². The number of carbonyl (C=O) groups excluding carboxylic acids is 1. The third-order valence-corrected chi connectivity index (χ3v) is 6.04. The molecule has 0 radical (unpaired) electrons. The third-order valence-electron chi connectivity index (χ3n) is 5.68. The maximum absolute atomic E-state index is 13.0. The van der Waals surface area contributed by atoms with Crippen LogP contribution in [0.1, 0.15) is 36.1 Å². The summed E-state index contributed by atoms with van der Waals surface area (Å²) >= 11 is 5.57. The summed E-state index contributed by atoms with van der Waals surface area (Å²) in [6.07, 6.45) is 0. The number of hydrogen-bond donors (Lipinski definition) is 3. The number of rotatable bonds is 9. The lowest BCUT2D eigenvalue weighted by molar-refractivity contribution is -0.142. The van der Waals surface area contributed by atoms with Gasteiger partial charge in [0.15, 0.2) is 5.11 Å². The van der Waals surface area contributed by atoms with Crippen LogP contribution in [0.4, 0.5) is 5.69 Å². The molecule has 186 valence electrons. The zero-order valence-corrected chi connectivity index (χ0v) is 21.3. The first-order chi connectivity index (χ1) is 16.7. The van der Waals surface area contributed by atoms with Crippen molar-refractivity contribution in [2.24, 2.45) is 0 Å². The zero-order valence-electron chi connectivity index (χ0n) is 20.4. The van der Waals surface area contributed by atoms with Crippen LogP contribution in [0.2, 0.25) is 0 Å². The maximum atomic E-state index is 13.0. The lowest BCUT2D eigenvalue weighted by Crippen LogP contribution is -2.37. The first kappa shape index (κ1) is 26.2. The van der Waals surface area contributed by atoms with E-state index in [-0.39, 0.29) is 37.8 Å². The summed E-state index contributed by atoms with van der Waals surface area (Å²) in [4.78, 5) is 28.9. The number of hydrogen-bond acceptors (Lipinski definition) is 6. The number of esters is 1. The maximum Gasteiger partial charge on any atom is 0.302 e. The van der Waals surface area contributed by atoms with Crippen molar-refractivity contribution >= 4 is 39.9 Å². The number of anilines is 1. The predicted octanol–water partition coefficient (Wildman–Crippen LogP) is 3.80. The summed E-state index contributed by atoms with van der Waals surface area (Å²) in [5.41, 5.74) is 4.47. The van der Waals surface area contributed by atoms with Gasteiger partial charge in [-0.3, -0.25) is 9.59 Å². The monoisotopic (exact) mass is 497 g/mol. The number of pyridine rings is 1. The van der Waals surface area contributed by atoms with Gasteiger partial charge in [0.25, 0.3) is 5.56 Å². The van der Waals surface area contributed by atoms with Crippen LogP contribution in [-0.4, -0.2) is 45.8 Å². The highest BCUT2D eigenvalue weighted by Crippen LogP contribution is 2.25. The number of nitrogens with zero attached hydrogens (tertiary/aromatic N) is 1. The minimum Gasteiger partial charge on any atom is -0.494 e. The van der Waals surface area contributed by atoms with E-state index in [2.05, 4.69) is 10.3 Å². The summed E-state index contributed by atoms with van der Waals surface area (Å²) in [5, 5.41) is 14.0. The van der Waals surface area contributed by atoms with Crippen LogP contribution >= 0.6 is 12.2 Å². The molecule has 0 aliphatic carbocycles. The highest BCUT2D eigenvalue weighted by Gasteiger charge is 2.16. The van der Waals surface area contributed by atoms with E-state index in [4.69, 9.17) is 21.7 Å². The molecule has 0 aliphatic rings. The van der Waals surface area contributed by atoms with Crippen LogP contribution in [0.3, 0.4) is 0 Å². The van der Waals surface area contributed by atoms with Crippen molar-refractivity contribution in [1.82, 2.24) is 9.88 Å². The van der Waals surface area contributed by atoms with Crippen molar-refractivity contribution in [2.75, 3.05) is 25.1 Å². The van der Waals surface area contributed by atoms with Crippen molar-refractivity contribution in [2.45, 2.75) is 40.8 Å². The molecule has 2 aromatic carbocycles. The topological polar surface area (TPSA) is 104 Å². The van der Waals surface area contributed by atoms with Crippen molar-refractivity contribution < 1.29 is 19.4 Å². The van der Waals surface area contributed by atoms with E-state index < -0.39 is 0 Å². The van der Waals surface area contributed by atoms with Crippen LogP contribution in [0, 0.1) is 13.8 Å². The Bertz CT molecular complexity index is 1270. The molecule has 0 unspecified atom stereocenters. The molecule has 3 rings (SSSR count). The van der Waals surface area contributed by atoms with E-state index >= 15 is 0 Å². The normalized spacial score (nSPS) is 10.8. The first-order valence-corrected chi connectivity index (χ1v) is 11.8. The van der Waals surface area contributed by atoms with Gasteiger partial charge in [-0.2, -0.15) is 0 Å². The van der Waals surface area contributed by atoms with Crippen molar-refractivity contribution in [3.8, 4) is 5.75 Å². The smallest absolute Gasteiger partial charge is 0.302 e. The molecular weight excluding hydrogens is 466 g/mol. The fourth-order valence-corrected chi connectivity index (χ4v) is 4.15. The minimum atomic E-state index is -0.355. The molecule has 3 N–H and O–H groups in total. The van der Waals surface area contributed by atoms with Gasteiger partial charge < -0.3 is 29.8 Å². The van der Waals surface area contributed by atoms with Gasteiger partial charge >= 0.3 is 5.97 Å². The fourth-order valence-electron chi connectivity index (χ4n) is 3.88. The number of aromatic amines is 1. The number of aryl methyl sites for hydroxylation is 2. The Kier molecular flexibility index (Phi) is 8.84. The van der Waals surface area contributed by atoms with Gasteiger partial charge in [-0.05, 0) is 91.5 Å². The molecule has 1 aromatic heterocycles. The number of aliphatic hydroxyl groups excluding tert-OH is 1. The molecule has 0 amide bonds. The van der Waals surface area contributed by atoms with Gasteiger partial charge in [0.05, 0.1) is 25.3 Å². The lowest BCUT2D eigenvalue weighted by Gasteiger charge is -2.25. The highest BCUT2D eigenvalue weighted by molar-refractivity contribution is 7.80. The summed E-state index contributed by atoms with van der Waals surface area (Å²) < 4.78 is 10.6. The number of carbonyl (C=O) groups is 1. The Morgan fingerprint density at radius 1 is 1.20 bits per heavy atom. The second kappa shape index (κ2) is 11.8. The summed E-state index contributed by atoms with van der Waals surface area (Å²) in [6, 6.07) is 11.2. The Hall–Kier alpha value is -3.43. The zero-order chi connectivity index (χ0) is 25.5. The number of thiocarbonyl (C=S) groups is 1. The SMILES string of the molecule is CCOc1ccc(NC(=S)N(CCO)Cc2cc3cc(C)c(COC(C)=O)c(C)c3[nH]c2=O)cc1. The standard InChI is InChI=1S/C26H31N3O5S/c1-5-33-22-8-6-21(7-9-22)27-26(35)29(10-11-30)14-20-13-19-12-16(2)23(15-34-18(4)31)17(3)24(19)28-25(20)32/h6-9,12-13,30H,5,10-11,14-15H2,1-4H3,(H,27,35)(H,28,32). The Labute approximate surface area is 209 Å². The van der Waals surface area contributed by atoms with Crippen LogP contribution in [-0.2, 0) is 22.7 Å². The number of aliphatic hydroxyl groups is 1. The lowest BCUT2D eigenvalue weighted by atomic mass is 9.98. The third kappa shape index (κ3) is 6.58. The molecule has 0 bridgehead atoms. The van der Waals surface area contributed by atoms with E-state index in [0.29, 0.717) is 22.8 Å². The van der Waals surface area contributed by atoms with Gasteiger partial charge in [-0.1, -0.05) is 0 Å². The van der Waals surface area contributed by atoms with Crippen LogP contribution in [0.5, 0.6) is 5.75 Å². The molecule has 8 nitrogen and oxygen atoms in total. The quantitative estimate of drug-likeness (QED) is 0.303. The van der Waals surface area contributed by atoms with Crippen LogP contribution in [0.25, 0.3) is 10.9 Å². The first-order valence-electron chi connectivity index (χ1n) is 11.4. The molecule has 0 aliphatic heterocycles. The molecule has 0 saturated heterocycles. The number of H-pyrrole nitrogens is 1. The van der Waals surface area contributed by atoms with E-state index in [1.54, 1.807) is 4.90 Å². The fraction of sp³-hybridized carbons (Fsp3) is 0.346. The Morgan fingerprint density at radius 2 is 1.91 bits per heavy atom. The molecule has 0 saturated carbocycles. The second-order valence-electron chi connectivity index (χ2n) is 8.20. The summed E-state index contributed by atoms with van der Waals surface area (Å²) in [7, 11) is 0. The molecule has 3 aromatic rings. The predicted molar refractivity (Wildman–Crippen MR) is 141 cm³/mol. The van der Waals surface area contributed by atoms with Crippen LogP contribution < -0.4 is 15.6 Å². The largest absolute Gasteiger partial charge is 0.494 e. The minimum absolute atomic E-state index is 0.117. The average molecular weight is 498 g/mol. The summed E-state index contributed by atoms with van der Waals surface area (Å²) in [6.45, 7) is 8.25. The molecular formula is C26H31N3O5S. The Balaban J connectivity index is 1.85. The number of fused-ring (bicyclic) bond motifs is 1. The van der Waals surface area contributed by atoms with Crippen molar-refractivity contribution in [1.29, 1.82) is 0 Å². The molecule has 35 heavy (non-hydrogen) atoms. The van der Waals surface area contributed by atoms with Gasteiger partial charge in [-0.25, -0.2) is 0 Å². The highest BCUT2D eigenvalue weighted by atomic mass is 32.1. The number of nitrogens with one attached hydrogen (secondary N) is 2. The molecule has 0 spiro atoms. The van der Waals surface area contributed by atoms with Crippen molar-refractivity contribution in [3.05, 3.63) is 69.0 Å². The molecule has 0 atom stereocenters. The summed E-state index contributed by atoms with van der Waals surface area (Å²) in [5.74, 6) is 0.409. The van der Waals surface area contributed by atoms with Crippen molar-refractivity contribution in [3.63, 3.8) is 0 Å². The van der Waals surface area contributed by atoms with Gasteiger partial charge in [-0.15, -0.1) is 0 Å². The van der Waals surface area contributed by atoms with E-state index in [1.165, 1.54) is 6.92 Å². The number of ether oxygens (including phenoxy) is 2. The second-order valence-corrected chi connectivity index (χ2v) is 8.58. The Morgan fingerprint density at radius 3 is 2.54 bits per heavy atom. The molecule has 1 heterocycles.